The predicted octanol–water partition coefficient (Wildman–Crippen LogP) is 2.40. The molecule has 2 atom stereocenters. The van der Waals surface area contributed by atoms with E-state index in [4.69, 9.17) is 4.74 Å². The van der Waals surface area contributed by atoms with E-state index in [1.54, 1.807) is 43.5 Å². The summed E-state index contributed by atoms with van der Waals surface area (Å²) in [6, 6.07) is 18.1. The number of para-hydroxylation sites is 1. The molecule has 2 N–H and O–H groups in total. The molecule has 0 unspecified atom stereocenters. The maximum absolute atomic E-state index is 13.1. The van der Waals surface area contributed by atoms with Gasteiger partial charge in [0.2, 0.25) is 5.91 Å². The number of carbonyl (C=O) groups is 1. The number of nitrogens with one attached hydrogen (secondary N) is 2. The highest BCUT2D eigenvalue weighted by molar-refractivity contribution is 5.97. The fraction of sp³-hybridized carbons (Fsp3) is 0.150. The Balaban J connectivity index is 1.91. The number of fused-ring (bicyclic) bond motifs is 1. The molecule has 134 valence electrons. The van der Waals surface area contributed by atoms with Crippen molar-refractivity contribution in [3.63, 3.8) is 0 Å². The van der Waals surface area contributed by atoms with Crippen LogP contribution in [0.1, 0.15) is 17.0 Å². The number of hydrogen-bond acceptors (Lipinski definition) is 4. The fourth-order valence-corrected chi connectivity index (χ4v) is 3.42. The molecule has 7 heteroatoms. The van der Waals surface area contributed by atoms with Gasteiger partial charge in [-0.3, -0.25) is 14.7 Å². The number of amides is 1. The van der Waals surface area contributed by atoms with Crippen molar-refractivity contribution in [1.29, 1.82) is 5.26 Å². The third-order valence-corrected chi connectivity index (χ3v) is 4.73. The molecule has 0 aliphatic carbocycles. The number of methoxy groups -OCH3 is 1. The first kappa shape index (κ1) is 16.7. The number of aromatic nitrogens is 2. The molecule has 1 aliphatic rings. The molecule has 2 heterocycles. The summed E-state index contributed by atoms with van der Waals surface area (Å²) in [5, 5.41) is 15.2. The molecule has 0 spiro atoms. The second-order valence-electron chi connectivity index (χ2n) is 6.22. The van der Waals surface area contributed by atoms with E-state index in [2.05, 4.69) is 10.4 Å². The molecule has 0 saturated carbocycles. The van der Waals surface area contributed by atoms with Gasteiger partial charge in [0, 0.05) is 5.92 Å². The standard InChI is InChI=1S/C20H16N4O3/c1-27-14-9-7-12(8-10-14)16-15(11-21)19(25)22-18-17(16)20(26)24(23-18)13-5-3-2-4-6-13/h2-10,15-16,23H,1H3,(H,22,25)/t15-,16-/m0/s1. The normalized spacial score (nSPS) is 18.3. The van der Waals surface area contributed by atoms with E-state index in [9.17, 15) is 14.9 Å². The van der Waals surface area contributed by atoms with Gasteiger partial charge in [-0.05, 0) is 29.8 Å². The maximum atomic E-state index is 13.1. The van der Waals surface area contributed by atoms with Gasteiger partial charge in [0.15, 0.2) is 0 Å². The zero-order valence-electron chi connectivity index (χ0n) is 14.5. The minimum atomic E-state index is -1.00. The second-order valence-corrected chi connectivity index (χ2v) is 6.22. The molecule has 0 bridgehead atoms. The number of hydrogen-bond donors (Lipinski definition) is 2. The van der Waals surface area contributed by atoms with Crippen molar-refractivity contribution in [3.05, 3.63) is 76.1 Å². The lowest BCUT2D eigenvalue weighted by Gasteiger charge is -2.26. The highest BCUT2D eigenvalue weighted by Crippen LogP contribution is 2.38. The van der Waals surface area contributed by atoms with Crippen LogP contribution in [0.5, 0.6) is 5.75 Å². The number of nitriles is 1. The average Bonchev–Trinajstić information content (AvgIpc) is 3.03. The van der Waals surface area contributed by atoms with Crippen LogP contribution in [0, 0.1) is 17.2 Å². The van der Waals surface area contributed by atoms with Crippen molar-refractivity contribution in [2.45, 2.75) is 5.92 Å². The number of benzene rings is 2. The lowest BCUT2D eigenvalue weighted by molar-refractivity contribution is -0.119. The smallest absolute Gasteiger partial charge is 0.277 e. The molecule has 0 saturated heterocycles. The van der Waals surface area contributed by atoms with Crippen molar-refractivity contribution in [3.8, 4) is 17.5 Å². The van der Waals surface area contributed by atoms with Crippen LogP contribution in [0.3, 0.4) is 0 Å². The van der Waals surface area contributed by atoms with E-state index in [-0.39, 0.29) is 5.56 Å². The Bertz CT molecular complexity index is 1090. The fourth-order valence-electron chi connectivity index (χ4n) is 3.42. The van der Waals surface area contributed by atoms with Crippen LogP contribution in [0.15, 0.2) is 59.4 Å². The first-order valence-corrected chi connectivity index (χ1v) is 8.39. The van der Waals surface area contributed by atoms with Gasteiger partial charge in [0.25, 0.3) is 5.56 Å². The minimum absolute atomic E-state index is 0.294. The summed E-state index contributed by atoms with van der Waals surface area (Å²) in [7, 11) is 1.56. The van der Waals surface area contributed by atoms with Crippen LogP contribution in [0.2, 0.25) is 0 Å². The molecule has 0 fully saturated rings. The van der Waals surface area contributed by atoms with E-state index >= 15 is 0 Å². The molecule has 7 nitrogen and oxygen atoms in total. The van der Waals surface area contributed by atoms with Gasteiger partial charge in [-0.15, -0.1) is 0 Å². The van der Waals surface area contributed by atoms with E-state index in [1.807, 2.05) is 24.3 Å². The van der Waals surface area contributed by atoms with Crippen LogP contribution in [-0.2, 0) is 4.79 Å². The average molecular weight is 360 g/mol. The van der Waals surface area contributed by atoms with E-state index in [1.165, 1.54) is 4.68 Å². The van der Waals surface area contributed by atoms with Crippen LogP contribution in [0.25, 0.3) is 5.69 Å². The minimum Gasteiger partial charge on any atom is -0.497 e. The quantitative estimate of drug-likeness (QED) is 0.749. The molecule has 3 aromatic rings. The Kier molecular flexibility index (Phi) is 4.01. The lowest BCUT2D eigenvalue weighted by Crippen LogP contribution is -2.35. The SMILES string of the molecule is COc1ccc([C@@H]2c3c([nH]n(-c4ccccc4)c3=O)NC(=O)[C@H]2C#N)cc1. The number of anilines is 1. The summed E-state index contributed by atoms with van der Waals surface area (Å²) in [6.07, 6.45) is 0. The highest BCUT2D eigenvalue weighted by Gasteiger charge is 2.41. The van der Waals surface area contributed by atoms with Crippen LogP contribution in [-0.4, -0.2) is 22.8 Å². The first-order valence-electron chi connectivity index (χ1n) is 8.39. The van der Waals surface area contributed by atoms with Gasteiger partial charge < -0.3 is 10.1 Å². The monoisotopic (exact) mass is 360 g/mol. The highest BCUT2D eigenvalue weighted by atomic mass is 16.5. The van der Waals surface area contributed by atoms with Crippen molar-refractivity contribution >= 4 is 11.7 Å². The molecule has 1 aliphatic heterocycles. The van der Waals surface area contributed by atoms with Gasteiger partial charge in [-0.2, -0.15) is 5.26 Å². The number of aromatic amines is 1. The summed E-state index contributed by atoms with van der Waals surface area (Å²) in [5.41, 5.74) is 1.43. The Labute approximate surface area is 154 Å². The third-order valence-electron chi connectivity index (χ3n) is 4.73. The first-order chi connectivity index (χ1) is 13.1. The van der Waals surface area contributed by atoms with Crippen molar-refractivity contribution in [1.82, 2.24) is 9.78 Å². The molecule has 4 rings (SSSR count). The van der Waals surface area contributed by atoms with Gasteiger partial charge >= 0.3 is 0 Å². The Morgan fingerprint density at radius 1 is 1.07 bits per heavy atom. The molecular weight excluding hydrogens is 344 g/mol. The third kappa shape index (κ3) is 2.68. The number of nitrogens with zero attached hydrogens (tertiary/aromatic N) is 2. The van der Waals surface area contributed by atoms with E-state index in [0.29, 0.717) is 28.4 Å². The zero-order chi connectivity index (χ0) is 19.0. The van der Waals surface area contributed by atoms with Gasteiger partial charge in [-0.1, -0.05) is 30.3 Å². The van der Waals surface area contributed by atoms with Crippen LogP contribution in [0.4, 0.5) is 5.82 Å². The van der Waals surface area contributed by atoms with Crippen LogP contribution >= 0.6 is 0 Å². The number of ether oxygens (including phenoxy) is 1. The summed E-state index contributed by atoms with van der Waals surface area (Å²) < 4.78 is 6.55. The largest absolute Gasteiger partial charge is 0.497 e. The van der Waals surface area contributed by atoms with Crippen molar-refractivity contribution in [2.75, 3.05) is 12.4 Å². The molecule has 2 aromatic carbocycles. The number of carbonyl (C=O) groups excluding carboxylic acids is 1. The van der Waals surface area contributed by atoms with Crippen molar-refractivity contribution < 1.29 is 9.53 Å². The molecule has 0 radical (unpaired) electrons. The van der Waals surface area contributed by atoms with Crippen molar-refractivity contribution in [2.24, 2.45) is 5.92 Å². The second kappa shape index (κ2) is 6.50. The molecule has 27 heavy (non-hydrogen) atoms. The Hall–Kier alpha value is -3.79. The van der Waals surface area contributed by atoms with Gasteiger partial charge in [0.05, 0.1) is 24.4 Å². The van der Waals surface area contributed by atoms with Gasteiger partial charge in [0.1, 0.15) is 17.5 Å². The summed E-state index contributed by atoms with van der Waals surface area (Å²) in [5.74, 6) is -1.13. The summed E-state index contributed by atoms with van der Waals surface area (Å²) in [4.78, 5) is 25.6. The molecular formula is C20H16N4O3. The Morgan fingerprint density at radius 3 is 2.41 bits per heavy atom. The number of rotatable bonds is 3. The number of H-pyrrole nitrogens is 1. The van der Waals surface area contributed by atoms with E-state index in [0.717, 1.165) is 0 Å². The summed E-state index contributed by atoms with van der Waals surface area (Å²) in [6.45, 7) is 0. The predicted molar refractivity (Wildman–Crippen MR) is 99.0 cm³/mol. The topological polar surface area (TPSA) is 99.9 Å². The zero-order valence-corrected chi connectivity index (χ0v) is 14.5. The Morgan fingerprint density at radius 2 is 1.78 bits per heavy atom. The summed E-state index contributed by atoms with van der Waals surface area (Å²) >= 11 is 0. The van der Waals surface area contributed by atoms with E-state index < -0.39 is 17.7 Å². The lowest BCUT2D eigenvalue weighted by atomic mass is 9.79. The van der Waals surface area contributed by atoms with Gasteiger partial charge in [-0.25, -0.2) is 4.68 Å². The van der Waals surface area contributed by atoms with Crippen LogP contribution < -0.4 is 15.6 Å². The molecule has 1 aromatic heterocycles. The molecule has 1 amide bonds. The maximum Gasteiger partial charge on any atom is 0.277 e.